The van der Waals surface area contributed by atoms with Gasteiger partial charge in [-0.3, -0.25) is 0 Å². The third-order valence-electron chi connectivity index (χ3n) is 2.61. The lowest BCUT2D eigenvalue weighted by Crippen LogP contribution is -2.12. The van der Waals surface area contributed by atoms with Gasteiger partial charge >= 0.3 is 0 Å². The zero-order valence-electron chi connectivity index (χ0n) is 9.76. The first-order valence-corrected chi connectivity index (χ1v) is 6.96. The molecule has 0 fully saturated rings. The highest BCUT2D eigenvalue weighted by molar-refractivity contribution is 8.00. The molecule has 2 heteroatoms. The molecule has 0 saturated carbocycles. The number of rotatable bonds is 9. The van der Waals surface area contributed by atoms with Crippen LogP contribution in [0.3, 0.4) is 0 Å². The number of thiol groups is 2. The summed E-state index contributed by atoms with van der Waals surface area (Å²) < 4.78 is -0.0117. The van der Waals surface area contributed by atoms with Crippen LogP contribution >= 0.6 is 25.3 Å². The minimum Gasteiger partial charge on any atom is -0.162 e. The predicted molar refractivity (Wildman–Crippen MR) is 73.6 cm³/mol. The Morgan fingerprint density at radius 2 is 1.21 bits per heavy atom. The van der Waals surface area contributed by atoms with Crippen LogP contribution in [-0.4, -0.2) is 4.08 Å². The van der Waals surface area contributed by atoms with Gasteiger partial charge in [0.25, 0.3) is 0 Å². The minimum absolute atomic E-state index is 0.0117. The third-order valence-corrected chi connectivity index (χ3v) is 3.51. The van der Waals surface area contributed by atoms with E-state index in [0.717, 1.165) is 12.8 Å². The molecule has 0 unspecified atom stereocenters. The Morgan fingerprint density at radius 3 is 1.79 bits per heavy atom. The Labute approximate surface area is 101 Å². The van der Waals surface area contributed by atoms with Crippen LogP contribution in [0.5, 0.6) is 0 Å². The maximum atomic E-state index is 4.61. The van der Waals surface area contributed by atoms with Gasteiger partial charge in [-0.05, 0) is 12.8 Å². The van der Waals surface area contributed by atoms with Gasteiger partial charge in [0.1, 0.15) is 0 Å². The Kier molecular flexibility index (Phi) is 9.41. The van der Waals surface area contributed by atoms with Crippen molar-refractivity contribution >= 4 is 25.3 Å². The summed E-state index contributed by atoms with van der Waals surface area (Å²) in [7, 11) is 0. The zero-order chi connectivity index (χ0) is 10.9. The van der Waals surface area contributed by atoms with E-state index < -0.39 is 0 Å². The van der Waals surface area contributed by atoms with E-state index in [1.54, 1.807) is 0 Å². The molecule has 0 bridgehead atoms. The second kappa shape index (κ2) is 8.96. The molecule has 0 nitrogen and oxygen atoms in total. The largest absolute Gasteiger partial charge is 0.162 e. The molecule has 0 spiro atoms. The number of unbranched alkanes of at least 4 members (excludes halogenated alkanes) is 5. The second-order valence-corrected chi connectivity index (χ2v) is 6.32. The van der Waals surface area contributed by atoms with Crippen LogP contribution in [0.2, 0.25) is 0 Å². The first kappa shape index (κ1) is 14.7. The number of hydrogen-bond acceptors (Lipinski definition) is 2. The summed E-state index contributed by atoms with van der Waals surface area (Å²) >= 11 is 9.22. The molecule has 0 aliphatic rings. The molecule has 86 valence electrons. The highest BCUT2D eigenvalue weighted by atomic mass is 32.2. The van der Waals surface area contributed by atoms with Crippen LogP contribution in [0.4, 0.5) is 0 Å². The minimum atomic E-state index is -0.0117. The van der Waals surface area contributed by atoms with Crippen LogP contribution in [0.1, 0.15) is 71.6 Å². The van der Waals surface area contributed by atoms with Crippen LogP contribution in [0, 0.1) is 0 Å². The van der Waals surface area contributed by atoms with Gasteiger partial charge in [0.05, 0.1) is 4.08 Å². The standard InChI is InChI=1S/C12H26S2/c1-3-5-7-8-9-11-12(13,14)10-6-4-2/h13-14H,3-11H2,1-2H3. The van der Waals surface area contributed by atoms with Gasteiger partial charge in [0.2, 0.25) is 0 Å². The van der Waals surface area contributed by atoms with E-state index in [4.69, 9.17) is 0 Å². The van der Waals surface area contributed by atoms with Crippen LogP contribution < -0.4 is 0 Å². The van der Waals surface area contributed by atoms with Crippen molar-refractivity contribution in [1.29, 1.82) is 0 Å². The monoisotopic (exact) mass is 234 g/mol. The molecule has 0 radical (unpaired) electrons. The molecular weight excluding hydrogens is 208 g/mol. The molecule has 0 saturated heterocycles. The van der Waals surface area contributed by atoms with Gasteiger partial charge in [-0.25, -0.2) is 0 Å². The highest BCUT2D eigenvalue weighted by Crippen LogP contribution is 2.32. The second-order valence-electron chi connectivity index (χ2n) is 4.25. The molecule has 0 aromatic carbocycles. The first-order valence-electron chi connectivity index (χ1n) is 6.07. The van der Waals surface area contributed by atoms with E-state index in [1.807, 2.05) is 0 Å². The molecule has 0 atom stereocenters. The fourth-order valence-electron chi connectivity index (χ4n) is 1.60. The summed E-state index contributed by atoms with van der Waals surface area (Å²) in [5.41, 5.74) is 0. The van der Waals surface area contributed by atoms with E-state index in [2.05, 4.69) is 39.1 Å². The summed E-state index contributed by atoms with van der Waals surface area (Å²) in [4.78, 5) is 0. The molecule has 0 heterocycles. The van der Waals surface area contributed by atoms with Crippen LogP contribution in [0.25, 0.3) is 0 Å². The van der Waals surface area contributed by atoms with Crippen molar-refractivity contribution in [3.8, 4) is 0 Å². The molecular formula is C12H26S2. The van der Waals surface area contributed by atoms with Gasteiger partial charge in [0.15, 0.2) is 0 Å². The normalized spacial score (nSPS) is 12.0. The summed E-state index contributed by atoms with van der Waals surface area (Å²) in [6.45, 7) is 4.47. The lowest BCUT2D eigenvalue weighted by molar-refractivity contribution is 0.554. The zero-order valence-corrected chi connectivity index (χ0v) is 11.5. The topological polar surface area (TPSA) is 0 Å². The summed E-state index contributed by atoms with van der Waals surface area (Å²) in [6.07, 6.45) is 11.5. The van der Waals surface area contributed by atoms with E-state index in [-0.39, 0.29) is 4.08 Å². The molecule has 0 rings (SSSR count). The Balaban J connectivity index is 3.35. The molecule has 0 aromatic heterocycles. The quantitative estimate of drug-likeness (QED) is 0.310. The van der Waals surface area contributed by atoms with Gasteiger partial charge < -0.3 is 0 Å². The van der Waals surface area contributed by atoms with E-state index in [0.29, 0.717) is 0 Å². The van der Waals surface area contributed by atoms with Gasteiger partial charge in [0, 0.05) is 0 Å². The fraction of sp³-hybridized carbons (Fsp3) is 1.00. The first-order chi connectivity index (χ1) is 6.62. The van der Waals surface area contributed by atoms with Crippen molar-refractivity contribution in [2.75, 3.05) is 0 Å². The Morgan fingerprint density at radius 1 is 0.714 bits per heavy atom. The van der Waals surface area contributed by atoms with Gasteiger partial charge in [-0.2, -0.15) is 25.3 Å². The van der Waals surface area contributed by atoms with E-state index in [1.165, 1.54) is 44.9 Å². The molecule has 0 aromatic rings. The van der Waals surface area contributed by atoms with Crippen molar-refractivity contribution in [3.05, 3.63) is 0 Å². The van der Waals surface area contributed by atoms with Crippen molar-refractivity contribution < 1.29 is 0 Å². The van der Waals surface area contributed by atoms with E-state index >= 15 is 0 Å². The van der Waals surface area contributed by atoms with Crippen LogP contribution in [0.15, 0.2) is 0 Å². The fourth-order valence-corrected chi connectivity index (χ4v) is 2.23. The van der Waals surface area contributed by atoms with Crippen molar-refractivity contribution in [3.63, 3.8) is 0 Å². The summed E-state index contributed by atoms with van der Waals surface area (Å²) in [5.74, 6) is 0. The maximum Gasteiger partial charge on any atom is 0.0552 e. The van der Waals surface area contributed by atoms with Crippen molar-refractivity contribution in [2.24, 2.45) is 0 Å². The molecule has 0 amide bonds. The average molecular weight is 234 g/mol. The molecule has 0 N–H and O–H groups in total. The predicted octanol–water partition coefficient (Wildman–Crippen LogP) is 5.09. The van der Waals surface area contributed by atoms with Crippen LogP contribution in [-0.2, 0) is 0 Å². The van der Waals surface area contributed by atoms with Gasteiger partial charge in [-0.1, -0.05) is 58.8 Å². The van der Waals surface area contributed by atoms with Crippen molar-refractivity contribution in [2.45, 2.75) is 75.7 Å². The Bertz CT molecular complexity index is 121. The van der Waals surface area contributed by atoms with E-state index in [9.17, 15) is 0 Å². The number of hydrogen-bond donors (Lipinski definition) is 2. The third kappa shape index (κ3) is 9.26. The Hall–Kier alpha value is 0.700. The summed E-state index contributed by atoms with van der Waals surface area (Å²) in [5, 5.41) is 0. The smallest absolute Gasteiger partial charge is 0.0552 e. The molecule has 14 heavy (non-hydrogen) atoms. The lowest BCUT2D eigenvalue weighted by atomic mass is 10.1. The van der Waals surface area contributed by atoms with Crippen molar-refractivity contribution in [1.82, 2.24) is 0 Å². The molecule has 0 aliphatic carbocycles. The maximum absolute atomic E-state index is 4.61. The molecule has 0 aliphatic heterocycles. The van der Waals surface area contributed by atoms with Gasteiger partial charge in [-0.15, -0.1) is 0 Å². The average Bonchev–Trinajstić information content (AvgIpc) is 2.15. The summed E-state index contributed by atoms with van der Waals surface area (Å²) in [6, 6.07) is 0. The lowest BCUT2D eigenvalue weighted by Gasteiger charge is -2.22. The highest BCUT2D eigenvalue weighted by Gasteiger charge is 2.18. The SMILES string of the molecule is CCCCCCCC(S)(S)CCCC.